The zero-order valence-corrected chi connectivity index (χ0v) is 18.0. The van der Waals surface area contributed by atoms with Crippen molar-refractivity contribution in [2.75, 3.05) is 0 Å². The number of rotatable bonds is 2. The normalized spacial score (nSPS) is 18.5. The first kappa shape index (κ1) is 19.9. The lowest BCUT2D eigenvalue weighted by molar-refractivity contribution is 0.437. The van der Waals surface area contributed by atoms with Gasteiger partial charge in [0.05, 0.1) is 17.3 Å². The predicted molar refractivity (Wildman–Crippen MR) is 118 cm³/mol. The lowest BCUT2D eigenvalue weighted by Gasteiger charge is -2.29. The second-order valence-corrected chi connectivity index (χ2v) is 9.04. The van der Waals surface area contributed by atoms with E-state index in [1.807, 2.05) is 0 Å². The molecule has 0 radical (unpaired) electrons. The van der Waals surface area contributed by atoms with E-state index in [9.17, 15) is 5.26 Å². The van der Waals surface area contributed by atoms with Crippen molar-refractivity contribution in [1.29, 1.82) is 10.7 Å². The van der Waals surface area contributed by atoms with E-state index >= 15 is 0 Å². The molecule has 2 N–H and O–H groups in total. The van der Waals surface area contributed by atoms with Crippen LogP contribution in [0.3, 0.4) is 0 Å². The lowest BCUT2D eigenvalue weighted by Crippen LogP contribution is -2.31. The summed E-state index contributed by atoms with van der Waals surface area (Å²) in [5.41, 5.74) is 7.32. The fourth-order valence-electron chi connectivity index (χ4n) is 3.99. The molecule has 0 fully saturated rings. The van der Waals surface area contributed by atoms with Gasteiger partial charge in [-0.2, -0.15) is 5.26 Å². The molecule has 2 aromatic carbocycles. The number of aromatic amines is 1. The molecule has 0 saturated carbocycles. The van der Waals surface area contributed by atoms with Crippen molar-refractivity contribution in [3.05, 3.63) is 70.3 Å². The Labute approximate surface area is 177 Å². The molecule has 0 spiro atoms. The molecule has 5 heteroatoms. The van der Waals surface area contributed by atoms with Crippen LogP contribution in [0.4, 0.5) is 0 Å². The Morgan fingerprint density at radius 3 is 2.37 bits per heavy atom. The van der Waals surface area contributed by atoms with Crippen molar-refractivity contribution in [3.63, 3.8) is 0 Å². The molecular weight excluding hydrogens is 372 g/mol. The standard InChI is InChI=1S/C25H26N4O/c1-14-6-7-17(12-15(14)2)22-21-20(16-8-10-18(11-9-16)25(3,4)5)19(13-26)23(27)30-24(21)29-28-22/h6-12,19-20,27H,1-5H3,(H,28,29). The van der Waals surface area contributed by atoms with E-state index in [-0.39, 0.29) is 17.2 Å². The average molecular weight is 399 g/mol. The number of hydrogen-bond acceptors (Lipinski definition) is 4. The number of ether oxygens (including phenoxy) is 1. The summed E-state index contributed by atoms with van der Waals surface area (Å²) in [6.45, 7) is 10.7. The van der Waals surface area contributed by atoms with Crippen molar-refractivity contribution in [1.82, 2.24) is 10.2 Å². The number of fused-ring (bicyclic) bond motifs is 1. The largest absolute Gasteiger partial charge is 0.422 e. The van der Waals surface area contributed by atoms with Crippen LogP contribution >= 0.6 is 0 Å². The van der Waals surface area contributed by atoms with Gasteiger partial charge in [-0.1, -0.05) is 57.2 Å². The summed E-state index contributed by atoms with van der Waals surface area (Å²) in [6, 6.07) is 16.9. The van der Waals surface area contributed by atoms with Crippen LogP contribution in [0.5, 0.6) is 5.88 Å². The van der Waals surface area contributed by atoms with Gasteiger partial charge in [0.15, 0.2) is 0 Å². The highest BCUT2D eigenvalue weighted by molar-refractivity contribution is 5.86. The maximum absolute atomic E-state index is 9.88. The highest BCUT2D eigenvalue weighted by Crippen LogP contribution is 2.46. The third-order valence-corrected chi connectivity index (χ3v) is 5.97. The van der Waals surface area contributed by atoms with E-state index in [1.54, 1.807) is 0 Å². The third-order valence-electron chi connectivity index (χ3n) is 5.97. The zero-order valence-electron chi connectivity index (χ0n) is 18.0. The summed E-state index contributed by atoms with van der Waals surface area (Å²) in [4.78, 5) is 0. The van der Waals surface area contributed by atoms with Crippen molar-refractivity contribution in [3.8, 4) is 23.2 Å². The monoisotopic (exact) mass is 398 g/mol. The van der Waals surface area contributed by atoms with Crippen LogP contribution in [0, 0.1) is 36.5 Å². The summed E-state index contributed by atoms with van der Waals surface area (Å²) >= 11 is 0. The molecule has 5 nitrogen and oxygen atoms in total. The zero-order chi connectivity index (χ0) is 21.6. The molecule has 2 atom stereocenters. The first-order valence-corrected chi connectivity index (χ1v) is 10.1. The Bertz CT molecular complexity index is 1160. The molecule has 0 saturated heterocycles. The maximum atomic E-state index is 9.88. The topological polar surface area (TPSA) is 85.5 Å². The molecule has 1 aliphatic heterocycles. The minimum Gasteiger partial charge on any atom is -0.422 e. The second-order valence-electron chi connectivity index (χ2n) is 9.04. The van der Waals surface area contributed by atoms with Gasteiger partial charge < -0.3 is 4.74 Å². The van der Waals surface area contributed by atoms with Gasteiger partial charge in [0.1, 0.15) is 5.92 Å². The molecule has 1 aliphatic rings. The molecule has 0 amide bonds. The number of nitrogens with zero attached hydrogens (tertiary/aromatic N) is 2. The SMILES string of the molecule is Cc1ccc(-c2[nH]nc3c2C(c2ccc(C(C)(C)C)cc2)C(C#N)C(=N)O3)cc1C. The van der Waals surface area contributed by atoms with Crippen molar-refractivity contribution < 1.29 is 4.74 Å². The quantitative estimate of drug-likeness (QED) is 0.586. The minimum atomic E-state index is -0.708. The van der Waals surface area contributed by atoms with Gasteiger partial charge in [-0.15, -0.1) is 5.10 Å². The lowest BCUT2D eigenvalue weighted by atomic mass is 9.77. The molecule has 2 unspecified atom stereocenters. The molecule has 3 aromatic rings. The van der Waals surface area contributed by atoms with Crippen LogP contribution in [-0.4, -0.2) is 16.1 Å². The highest BCUT2D eigenvalue weighted by Gasteiger charge is 2.40. The Morgan fingerprint density at radius 1 is 1.07 bits per heavy atom. The number of nitrogens with one attached hydrogen (secondary N) is 2. The molecule has 0 bridgehead atoms. The van der Waals surface area contributed by atoms with Gasteiger partial charge in [-0.3, -0.25) is 10.5 Å². The second kappa shape index (κ2) is 7.14. The van der Waals surface area contributed by atoms with Crippen LogP contribution in [-0.2, 0) is 5.41 Å². The van der Waals surface area contributed by atoms with E-state index in [0.29, 0.717) is 5.88 Å². The van der Waals surface area contributed by atoms with Gasteiger partial charge in [0, 0.05) is 11.5 Å². The molecule has 2 heterocycles. The summed E-state index contributed by atoms with van der Waals surface area (Å²) < 4.78 is 5.64. The molecule has 0 aliphatic carbocycles. The van der Waals surface area contributed by atoms with Crippen LogP contribution in [0.15, 0.2) is 42.5 Å². The maximum Gasteiger partial charge on any atom is 0.244 e. The predicted octanol–water partition coefficient (Wildman–Crippen LogP) is 5.63. The highest BCUT2D eigenvalue weighted by atomic mass is 16.5. The molecule has 152 valence electrons. The fourth-order valence-corrected chi connectivity index (χ4v) is 3.99. The molecular formula is C25H26N4O. The number of benzene rings is 2. The molecule has 4 rings (SSSR count). The summed E-state index contributed by atoms with van der Waals surface area (Å²) in [7, 11) is 0. The average Bonchev–Trinajstić information content (AvgIpc) is 3.11. The Kier molecular flexibility index (Phi) is 4.74. The number of aromatic nitrogens is 2. The number of hydrogen-bond donors (Lipinski definition) is 2. The minimum absolute atomic E-state index is 0.0426. The molecule has 1 aromatic heterocycles. The Balaban J connectivity index is 1.88. The number of nitriles is 1. The Hall–Kier alpha value is -3.39. The van der Waals surface area contributed by atoms with Crippen LogP contribution in [0.2, 0.25) is 0 Å². The van der Waals surface area contributed by atoms with Crippen molar-refractivity contribution >= 4 is 5.90 Å². The smallest absolute Gasteiger partial charge is 0.244 e. The van der Waals surface area contributed by atoms with E-state index < -0.39 is 5.92 Å². The first-order valence-electron chi connectivity index (χ1n) is 10.1. The summed E-state index contributed by atoms with van der Waals surface area (Å²) in [5.74, 6) is -0.714. The van der Waals surface area contributed by atoms with Crippen LogP contribution < -0.4 is 4.74 Å². The number of aryl methyl sites for hydroxylation is 2. The number of H-pyrrole nitrogens is 1. The van der Waals surface area contributed by atoms with Gasteiger partial charge >= 0.3 is 0 Å². The van der Waals surface area contributed by atoms with Crippen molar-refractivity contribution in [2.45, 2.75) is 46.0 Å². The van der Waals surface area contributed by atoms with E-state index in [0.717, 1.165) is 22.4 Å². The van der Waals surface area contributed by atoms with Crippen molar-refractivity contribution in [2.24, 2.45) is 5.92 Å². The van der Waals surface area contributed by atoms with Gasteiger partial charge in [0.25, 0.3) is 0 Å². The van der Waals surface area contributed by atoms with Gasteiger partial charge in [-0.25, -0.2) is 0 Å². The third kappa shape index (κ3) is 3.29. The van der Waals surface area contributed by atoms with E-state index in [4.69, 9.17) is 10.1 Å². The van der Waals surface area contributed by atoms with Gasteiger partial charge in [-0.05, 0) is 47.6 Å². The van der Waals surface area contributed by atoms with Crippen LogP contribution in [0.25, 0.3) is 11.3 Å². The first-order chi connectivity index (χ1) is 14.2. The van der Waals surface area contributed by atoms with E-state index in [1.165, 1.54) is 16.7 Å². The molecule has 30 heavy (non-hydrogen) atoms. The van der Waals surface area contributed by atoms with Gasteiger partial charge in [0.2, 0.25) is 11.8 Å². The fraction of sp³-hybridized carbons (Fsp3) is 0.320. The van der Waals surface area contributed by atoms with E-state index in [2.05, 4.69) is 93.3 Å². The van der Waals surface area contributed by atoms with Crippen LogP contribution in [0.1, 0.15) is 54.5 Å². The Morgan fingerprint density at radius 2 is 1.77 bits per heavy atom. The summed E-state index contributed by atoms with van der Waals surface area (Å²) in [6.07, 6.45) is 0. The summed E-state index contributed by atoms with van der Waals surface area (Å²) in [5, 5.41) is 25.6.